The summed E-state index contributed by atoms with van der Waals surface area (Å²) in [6.45, 7) is 13.5. The molecule has 0 aliphatic heterocycles. The van der Waals surface area contributed by atoms with Gasteiger partial charge in [-0.2, -0.15) is 0 Å². The van der Waals surface area contributed by atoms with E-state index in [1.165, 1.54) is 11.1 Å². The number of hydrogen-bond acceptors (Lipinski definition) is 2. The smallest absolute Gasteiger partial charge is 0.0591 e. The Morgan fingerprint density at radius 3 is 2.21 bits per heavy atom. The Balaban J connectivity index is 2.23. The highest BCUT2D eigenvalue weighted by Crippen LogP contribution is 2.22. The zero-order valence-electron chi connectivity index (χ0n) is 13.1. The topological polar surface area (TPSA) is 21.3 Å². The first-order valence-corrected chi connectivity index (χ1v) is 7.30. The number of rotatable bonds is 7. The Hall–Kier alpha value is -0.860. The van der Waals surface area contributed by atoms with Crippen molar-refractivity contribution in [1.82, 2.24) is 5.32 Å². The lowest BCUT2D eigenvalue weighted by Crippen LogP contribution is -2.26. The fourth-order valence-electron chi connectivity index (χ4n) is 1.88. The molecule has 0 saturated heterocycles. The van der Waals surface area contributed by atoms with E-state index in [0.29, 0.717) is 6.04 Å². The average Bonchev–Trinajstić information content (AvgIpc) is 2.32. The molecular weight excluding hydrogens is 234 g/mol. The molecule has 0 saturated carbocycles. The standard InChI is InChI=1S/C17H29NO/c1-14(2)18-11-13-19-12-10-15-6-8-16(9-7-15)17(3,4)5/h6-9,14,18H,10-13H2,1-5H3. The first-order chi connectivity index (χ1) is 8.89. The molecule has 1 aromatic carbocycles. The minimum atomic E-state index is 0.234. The third kappa shape index (κ3) is 6.74. The zero-order chi connectivity index (χ0) is 14.3. The van der Waals surface area contributed by atoms with Gasteiger partial charge in [-0.15, -0.1) is 0 Å². The summed E-state index contributed by atoms with van der Waals surface area (Å²) in [5, 5.41) is 3.34. The lowest BCUT2D eigenvalue weighted by atomic mass is 9.86. The van der Waals surface area contributed by atoms with Gasteiger partial charge in [-0.1, -0.05) is 58.9 Å². The van der Waals surface area contributed by atoms with Gasteiger partial charge in [0.15, 0.2) is 0 Å². The van der Waals surface area contributed by atoms with Crippen LogP contribution in [-0.2, 0) is 16.6 Å². The molecule has 2 nitrogen and oxygen atoms in total. The van der Waals surface area contributed by atoms with E-state index in [2.05, 4.69) is 64.2 Å². The molecule has 0 bridgehead atoms. The van der Waals surface area contributed by atoms with E-state index in [1.807, 2.05) is 0 Å². The maximum atomic E-state index is 5.62. The predicted octanol–water partition coefficient (Wildman–Crippen LogP) is 3.54. The Bertz CT molecular complexity index is 349. The second-order valence-corrected chi connectivity index (χ2v) is 6.42. The summed E-state index contributed by atoms with van der Waals surface area (Å²) in [6, 6.07) is 9.44. The van der Waals surface area contributed by atoms with Crippen molar-refractivity contribution in [3.05, 3.63) is 35.4 Å². The molecule has 1 N–H and O–H groups in total. The third-order valence-corrected chi connectivity index (χ3v) is 3.15. The molecule has 0 aromatic heterocycles. The lowest BCUT2D eigenvalue weighted by Gasteiger charge is -2.19. The van der Waals surface area contributed by atoms with E-state index < -0.39 is 0 Å². The quantitative estimate of drug-likeness (QED) is 0.760. The second kappa shape index (κ2) is 7.66. The van der Waals surface area contributed by atoms with Crippen LogP contribution < -0.4 is 5.32 Å². The van der Waals surface area contributed by atoms with E-state index >= 15 is 0 Å². The van der Waals surface area contributed by atoms with Gasteiger partial charge in [-0.25, -0.2) is 0 Å². The number of benzene rings is 1. The monoisotopic (exact) mass is 263 g/mol. The van der Waals surface area contributed by atoms with Gasteiger partial charge in [0.05, 0.1) is 13.2 Å². The SMILES string of the molecule is CC(C)NCCOCCc1ccc(C(C)(C)C)cc1. The highest BCUT2D eigenvalue weighted by atomic mass is 16.5. The van der Waals surface area contributed by atoms with Crippen molar-refractivity contribution in [2.45, 2.75) is 52.5 Å². The highest BCUT2D eigenvalue weighted by molar-refractivity contribution is 5.27. The van der Waals surface area contributed by atoms with Crippen LogP contribution in [0, 0.1) is 0 Å². The summed E-state index contributed by atoms with van der Waals surface area (Å²) >= 11 is 0. The molecule has 1 rings (SSSR count). The van der Waals surface area contributed by atoms with E-state index in [-0.39, 0.29) is 5.41 Å². The zero-order valence-corrected chi connectivity index (χ0v) is 13.1. The normalized spacial score (nSPS) is 12.1. The van der Waals surface area contributed by atoms with Crippen LogP contribution in [-0.4, -0.2) is 25.8 Å². The van der Waals surface area contributed by atoms with Crippen LogP contribution in [0.5, 0.6) is 0 Å². The van der Waals surface area contributed by atoms with Crippen molar-refractivity contribution in [3.63, 3.8) is 0 Å². The maximum absolute atomic E-state index is 5.62. The minimum Gasteiger partial charge on any atom is -0.380 e. The highest BCUT2D eigenvalue weighted by Gasteiger charge is 2.12. The number of nitrogens with one attached hydrogen (secondary N) is 1. The van der Waals surface area contributed by atoms with Crippen LogP contribution in [0.3, 0.4) is 0 Å². The second-order valence-electron chi connectivity index (χ2n) is 6.42. The van der Waals surface area contributed by atoms with Crippen LogP contribution in [0.1, 0.15) is 45.7 Å². The Kier molecular flexibility index (Phi) is 6.53. The molecule has 0 radical (unpaired) electrons. The fourth-order valence-corrected chi connectivity index (χ4v) is 1.88. The molecule has 0 aliphatic rings. The molecule has 19 heavy (non-hydrogen) atoms. The van der Waals surface area contributed by atoms with E-state index in [0.717, 1.165) is 26.2 Å². The molecule has 2 heteroatoms. The average molecular weight is 263 g/mol. The Morgan fingerprint density at radius 2 is 1.68 bits per heavy atom. The number of ether oxygens (including phenoxy) is 1. The van der Waals surface area contributed by atoms with Crippen LogP contribution in [0.2, 0.25) is 0 Å². The Labute approximate surface area is 118 Å². The van der Waals surface area contributed by atoms with Gasteiger partial charge in [0, 0.05) is 12.6 Å². The molecule has 0 spiro atoms. The molecule has 1 aromatic rings. The van der Waals surface area contributed by atoms with Gasteiger partial charge in [-0.3, -0.25) is 0 Å². The third-order valence-electron chi connectivity index (χ3n) is 3.15. The van der Waals surface area contributed by atoms with Crippen LogP contribution in [0.15, 0.2) is 24.3 Å². The first kappa shape index (κ1) is 16.2. The van der Waals surface area contributed by atoms with Gasteiger partial charge in [0.1, 0.15) is 0 Å². The molecule has 0 unspecified atom stereocenters. The molecule has 0 aliphatic carbocycles. The van der Waals surface area contributed by atoms with Gasteiger partial charge in [0.2, 0.25) is 0 Å². The molecule has 108 valence electrons. The van der Waals surface area contributed by atoms with E-state index in [9.17, 15) is 0 Å². The van der Waals surface area contributed by atoms with Gasteiger partial charge >= 0.3 is 0 Å². The molecule has 0 fully saturated rings. The summed E-state index contributed by atoms with van der Waals surface area (Å²) in [5.41, 5.74) is 2.97. The summed E-state index contributed by atoms with van der Waals surface area (Å²) in [6.07, 6.45) is 0.992. The van der Waals surface area contributed by atoms with Crippen molar-refractivity contribution in [2.24, 2.45) is 0 Å². The lowest BCUT2D eigenvalue weighted by molar-refractivity contribution is 0.137. The summed E-state index contributed by atoms with van der Waals surface area (Å²) in [5.74, 6) is 0. The Morgan fingerprint density at radius 1 is 1.05 bits per heavy atom. The summed E-state index contributed by atoms with van der Waals surface area (Å²) < 4.78 is 5.62. The van der Waals surface area contributed by atoms with Crippen molar-refractivity contribution in [2.75, 3.05) is 19.8 Å². The van der Waals surface area contributed by atoms with Gasteiger partial charge < -0.3 is 10.1 Å². The van der Waals surface area contributed by atoms with Crippen LogP contribution >= 0.6 is 0 Å². The fraction of sp³-hybridized carbons (Fsp3) is 0.647. The van der Waals surface area contributed by atoms with Crippen LogP contribution in [0.25, 0.3) is 0 Å². The molecular formula is C17H29NO. The summed E-state index contributed by atoms with van der Waals surface area (Å²) in [7, 11) is 0. The molecule has 0 atom stereocenters. The van der Waals surface area contributed by atoms with Crippen molar-refractivity contribution >= 4 is 0 Å². The van der Waals surface area contributed by atoms with Crippen molar-refractivity contribution in [1.29, 1.82) is 0 Å². The summed E-state index contributed by atoms with van der Waals surface area (Å²) in [4.78, 5) is 0. The first-order valence-electron chi connectivity index (χ1n) is 7.30. The van der Waals surface area contributed by atoms with Crippen molar-refractivity contribution in [3.8, 4) is 0 Å². The minimum absolute atomic E-state index is 0.234. The van der Waals surface area contributed by atoms with Gasteiger partial charge in [0.25, 0.3) is 0 Å². The largest absolute Gasteiger partial charge is 0.380 e. The number of hydrogen-bond donors (Lipinski definition) is 1. The molecule has 0 amide bonds. The molecule has 0 heterocycles. The van der Waals surface area contributed by atoms with Crippen LogP contribution in [0.4, 0.5) is 0 Å². The maximum Gasteiger partial charge on any atom is 0.0591 e. The van der Waals surface area contributed by atoms with Gasteiger partial charge in [-0.05, 0) is 23.0 Å². The van der Waals surface area contributed by atoms with E-state index in [4.69, 9.17) is 4.74 Å². The van der Waals surface area contributed by atoms with E-state index in [1.54, 1.807) is 0 Å². The van der Waals surface area contributed by atoms with Crippen molar-refractivity contribution < 1.29 is 4.74 Å². The predicted molar refractivity (Wildman–Crippen MR) is 82.8 cm³/mol.